The van der Waals surface area contributed by atoms with E-state index >= 15 is 0 Å². The van der Waals surface area contributed by atoms with E-state index in [4.69, 9.17) is 0 Å². The Morgan fingerprint density at radius 3 is 2.67 bits per heavy atom. The van der Waals surface area contributed by atoms with Crippen molar-refractivity contribution < 1.29 is 27.6 Å². The Balaban J connectivity index is 3.53. The quantitative estimate of drug-likeness (QED) is 0.360. The van der Waals surface area contributed by atoms with E-state index in [1.807, 2.05) is 0 Å². The average Bonchev–Trinajstić information content (AvgIpc) is 2.27. The van der Waals surface area contributed by atoms with Crippen LogP contribution in [0.4, 0.5) is 18.9 Å². The van der Waals surface area contributed by atoms with E-state index in [2.05, 4.69) is 9.72 Å². The number of aromatic nitrogens is 1. The molecule has 1 rings (SSSR count). The zero-order chi connectivity index (χ0) is 13.9. The van der Waals surface area contributed by atoms with E-state index in [0.29, 0.717) is 6.20 Å². The van der Waals surface area contributed by atoms with Gasteiger partial charge in [0.05, 0.1) is 17.1 Å². The fourth-order valence-corrected chi connectivity index (χ4v) is 1.25. The van der Waals surface area contributed by atoms with Crippen LogP contribution in [0.25, 0.3) is 0 Å². The van der Waals surface area contributed by atoms with Gasteiger partial charge in [-0.2, -0.15) is 4.39 Å². The SMILES string of the molecule is CCOC(=O)c1c([N+](=O)[O-])cnc(F)c1C(F)F. The lowest BCUT2D eigenvalue weighted by Gasteiger charge is -2.08. The molecule has 1 aromatic rings. The van der Waals surface area contributed by atoms with Crippen LogP contribution in [0.2, 0.25) is 0 Å². The Hall–Kier alpha value is -2.19. The van der Waals surface area contributed by atoms with Gasteiger partial charge in [-0.05, 0) is 6.92 Å². The molecule has 0 amide bonds. The monoisotopic (exact) mass is 264 g/mol. The number of hydrogen-bond acceptors (Lipinski definition) is 5. The van der Waals surface area contributed by atoms with Crippen LogP contribution in [0.1, 0.15) is 29.3 Å². The Morgan fingerprint density at radius 1 is 1.61 bits per heavy atom. The predicted molar refractivity (Wildman–Crippen MR) is 51.8 cm³/mol. The van der Waals surface area contributed by atoms with Gasteiger partial charge in [-0.3, -0.25) is 10.1 Å². The van der Waals surface area contributed by atoms with Crippen LogP contribution in [0.5, 0.6) is 0 Å². The molecule has 0 N–H and O–H groups in total. The smallest absolute Gasteiger partial charge is 0.345 e. The molecule has 6 nitrogen and oxygen atoms in total. The van der Waals surface area contributed by atoms with E-state index in [9.17, 15) is 28.1 Å². The topological polar surface area (TPSA) is 82.3 Å². The van der Waals surface area contributed by atoms with Crippen LogP contribution < -0.4 is 0 Å². The van der Waals surface area contributed by atoms with Crippen molar-refractivity contribution in [2.45, 2.75) is 13.3 Å². The zero-order valence-electron chi connectivity index (χ0n) is 9.02. The minimum atomic E-state index is -3.42. The third-order valence-corrected chi connectivity index (χ3v) is 1.94. The number of nitro groups is 1. The molecule has 0 radical (unpaired) electrons. The molecule has 0 spiro atoms. The van der Waals surface area contributed by atoms with Gasteiger partial charge >= 0.3 is 11.7 Å². The molecule has 0 aromatic carbocycles. The number of nitrogens with zero attached hydrogens (tertiary/aromatic N) is 2. The van der Waals surface area contributed by atoms with Gasteiger partial charge in [-0.15, -0.1) is 0 Å². The Labute approximate surface area is 98.5 Å². The van der Waals surface area contributed by atoms with Gasteiger partial charge in [-0.25, -0.2) is 18.6 Å². The lowest BCUT2D eigenvalue weighted by atomic mass is 10.1. The maximum Gasteiger partial charge on any atom is 0.345 e. The molecule has 1 aromatic heterocycles. The second-order valence-electron chi connectivity index (χ2n) is 3.00. The number of carbonyl (C=O) groups is 1. The Kier molecular flexibility index (Phi) is 4.18. The van der Waals surface area contributed by atoms with Crippen molar-refractivity contribution in [2.24, 2.45) is 0 Å². The fourth-order valence-electron chi connectivity index (χ4n) is 1.25. The maximum atomic E-state index is 13.1. The standard InChI is InChI=1S/C9H7F3N2O4/c1-2-18-9(15)5-4(14(16)17)3-13-8(12)6(5)7(10)11/h3,7H,2H2,1H3. The number of halogens is 3. The summed E-state index contributed by atoms with van der Waals surface area (Å²) in [7, 11) is 0. The number of esters is 1. The van der Waals surface area contributed by atoms with E-state index < -0.39 is 40.1 Å². The van der Waals surface area contributed by atoms with Gasteiger partial charge in [0.15, 0.2) is 5.56 Å². The summed E-state index contributed by atoms with van der Waals surface area (Å²) in [4.78, 5) is 23.7. The van der Waals surface area contributed by atoms with Crippen molar-refractivity contribution in [1.29, 1.82) is 0 Å². The van der Waals surface area contributed by atoms with Gasteiger partial charge < -0.3 is 4.74 Å². The first kappa shape index (κ1) is 13.9. The lowest BCUT2D eigenvalue weighted by Crippen LogP contribution is -2.14. The van der Waals surface area contributed by atoms with Gasteiger partial charge in [-0.1, -0.05) is 0 Å². The highest BCUT2D eigenvalue weighted by atomic mass is 19.3. The van der Waals surface area contributed by atoms with Crippen LogP contribution in [0.15, 0.2) is 6.20 Å². The third-order valence-electron chi connectivity index (χ3n) is 1.94. The number of carbonyl (C=O) groups excluding carboxylic acids is 1. The number of alkyl halides is 2. The first-order valence-corrected chi connectivity index (χ1v) is 4.68. The number of rotatable bonds is 4. The molecule has 18 heavy (non-hydrogen) atoms. The number of ether oxygens (including phenoxy) is 1. The number of pyridine rings is 1. The lowest BCUT2D eigenvalue weighted by molar-refractivity contribution is -0.385. The van der Waals surface area contributed by atoms with Crippen LogP contribution in [0, 0.1) is 16.1 Å². The molecule has 0 fully saturated rings. The second-order valence-corrected chi connectivity index (χ2v) is 3.00. The van der Waals surface area contributed by atoms with Crippen molar-refractivity contribution in [1.82, 2.24) is 4.98 Å². The minimum absolute atomic E-state index is 0.192. The van der Waals surface area contributed by atoms with Crippen LogP contribution in [-0.4, -0.2) is 22.5 Å². The molecule has 0 saturated carbocycles. The highest BCUT2D eigenvalue weighted by Gasteiger charge is 2.33. The molecule has 0 bridgehead atoms. The van der Waals surface area contributed by atoms with E-state index in [-0.39, 0.29) is 6.61 Å². The van der Waals surface area contributed by atoms with Crippen molar-refractivity contribution in [3.05, 3.63) is 33.4 Å². The average molecular weight is 264 g/mol. The van der Waals surface area contributed by atoms with Crippen molar-refractivity contribution in [2.75, 3.05) is 6.61 Å². The third kappa shape index (κ3) is 2.55. The molecule has 0 saturated heterocycles. The highest BCUT2D eigenvalue weighted by molar-refractivity contribution is 5.95. The van der Waals surface area contributed by atoms with Crippen molar-refractivity contribution in [3.63, 3.8) is 0 Å². The summed E-state index contributed by atoms with van der Waals surface area (Å²) in [5.41, 5.74) is -3.56. The Morgan fingerprint density at radius 2 is 2.22 bits per heavy atom. The molecule has 0 unspecified atom stereocenters. The van der Waals surface area contributed by atoms with Gasteiger partial charge in [0, 0.05) is 0 Å². The summed E-state index contributed by atoms with van der Waals surface area (Å²) in [6.45, 7) is 1.19. The summed E-state index contributed by atoms with van der Waals surface area (Å²) in [6, 6.07) is 0. The molecule has 0 aliphatic carbocycles. The summed E-state index contributed by atoms with van der Waals surface area (Å²) < 4.78 is 42.8. The normalized spacial score (nSPS) is 10.5. The van der Waals surface area contributed by atoms with Gasteiger partial charge in [0.1, 0.15) is 6.20 Å². The molecule has 0 aliphatic heterocycles. The zero-order valence-corrected chi connectivity index (χ0v) is 9.02. The summed E-state index contributed by atoms with van der Waals surface area (Å²) in [6.07, 6.45) is -3.02. The van der Waals surface area contributed by atoms with Gasteiger partial charge in [0.2, 0.25) is 5.95 Å². The first-order valence-electron chi connectivity index (χ1n) is 4.68. The van der Waals surface area contributed by atoms with Crippen molar-refractivity contribution in [3.8, 4) is 0 Å². The van der Waals surface area contributed by atoms with E-state index in [1.165, 1.54) is 6.92 Å². The van der Waals surface area contributed by atoms with Crippen molar-refractivity contribution >= 4 is 11.7 Å². The fraction of sp³-hybridized carbons (Fsp3) is 0.333. The molecule has 0 atom stereocenters. The second kappa shape index (κ2) is 5.43. The van der Waals surface area contributed by atoms with E-state index in [1.54, 1.807) is 0 Å². The van der Waals surface area contributed by atoms with Crippen LogP contribution in [0.3, 0.4) is 0 Å². The molecule has 1 heterocycles. The summed E-state index contributed by atoms with van der Waals surface area (Å²) >= 11 is 0. The largest absolute Gasteiger partial charge is 0.462 e. The van der Waals surface area contributed by atoms with Gasteiger partial charge in [0.25, 0.3) is 6.43 Å². The summed E-state index contributed by atoms with van der Waals surface area (Å²) in [5, 5.41) is 10.6. The van der Waals surface area contributed by atoms with Crippen LogP contribution >= 0.6 is 0 Å². The predicted octanol–water partition coefficient (Wildman–Crippen LogP) is 2.24. The van der Waals surface area contributed by atoms with E-state index in [0.717, 1.165) is 0 Å². The Bertz CT molecular complexity index is 493. The molecule has 98 valence electrons. The maximum absolute atomic E-state index is 13.1. The molecular formula is C9H7F3N2O4. The van der Waals surface area contributed by atoms with Crippen LogP contribution in [-0.2, 0) is 4.74 Å². The highest BCUT2D eigenvalue weighted by Crippen LogP contribution is 2.31. The minimum Gasteiger partial charge on any atom is -0.462 e. The molecule has 9 heteroatoms. The summed E-state index contributed by atoms with van der Waals surface area (Å²) in [5.74, 6) is -3.03. The first-order chi connectivity index (χ1) is 8.40. The molecular weight excluding hydrogens is 257 g/mol. The number of hydrogen-bond donors (Lipinski definition) is 0. The molecule has 0 aliphatic rings.